The van der Waals surface area contributed by atoms with Crippen LogP contribution in [0.15, 0.2) is 0 Å². The van der Waals surface area contributed by atoms with Gasteiger partial charge in [0.05, 0.1) is 88.6 Å². The van der Waals surface area contributed by atoms with Crippen molar-refractivity contribution in [3.8, 4) is 24.3 Å². The molecule has 3 aliphatic rings. The van der Waals surface area contributed by atoms with Crippen LogP contribution in [-0.4, -0.2) is 60.0 Å². The summed E-state index contributed by atoms with van der Waals surface area (Å²) in [6, 6.07) is 7.69. The molecule has 44 heavy (non-hydrogen) atoms. The number of piperidine rings is 1. The average Bonchev–Trinajstić information content (AvgIpc) is 2.99. The lowest BCUT2D eigenvalue weighted by atomic mass is 9.63. The first-order chi connectivity index (χ1) is 21.1. The molecule has 0 aromatic heterocycles. The zero-order valence-corrected chi connectivity index (χ0v) is 27.1. The zero-order valence-electron chi connectivity index (χ0n) is 25.3. The van der Waals surface area contributed by atoms with Gasteiger partial charge in [-0.15, -0.1) is 0 Å². The van der Waals surface area contributed by atoms with E-state index in [2.05, 4.69) is 6.92 Å². The van der Waals surface area contributed by atoms with Gasteiger partial charge in [-0.05, 0) is 70.1 Å². The second-order valence-corrected chi connectivity index (χ2v) is 15.0. The Morgan fingerprint density at radius 2 is 0.955 bits per heavy atom. The molecule has 3 fully saturated rings. The third-order valence-corrected chi connectivity index (χ3v) is 11.6. The SMILES string of the molecule is CC1CC2(CCC(OP(=O)(OCCC#N)OCCC#N)CC2)N(O)C2(CCC(OP(=O)(OCCC#N)OCCC#N)CC2)C1. The van der Waals surface area contributed by atoms with Crippen molar-refractivity contribution in [2.24, 2.45) is 5.92 Å². The Hall–Kier alpha value is -1.90. The monoisotopic (exact) mass is 655 g/mol. The summed E-state index contributed by atoms with van der Waals surface area (Å²) in [5.41, 5.74) is -0.983. The molecule has 0 aromatic carbocycles. The van der Waals surface area contributed by atoms with E-state index in [0.29, 0.717) is 57.3 Å². The Morgan fingerprint density at radius 3 is 1.23 bits per heavy atom. The molecule has 2 saturated carbocycles. The topological polar surface area (TPSA) is 208 Å². The van der Waals surface area contributed by atoms with E-state index in [4.69, 9.17) is 48.2 Å². The predicted molar refractivity (Wildman–Crippen MR) is 154 cm³/mol. The van der Waals surface area contributed by atoms with Gasteiger partial charge in [0, 0.05) is 11.1 Å². The van der Waals surface area contributed by atoms with Crippen molar-refractivity contribution in [2.45, 2.75) is 120 Å². The molecular formula is C28H43N5O9P2. The first-order valence-corrected chi connectivity index (χ1v) is 18.1. The van der Waals surface area contributed by atoms with Crippen molar-refractivity contribution in [1.29, 1.82) is 21.0 Å². The van der Waals surface area contributed by atoms with Gasteiger partial charge in [-0.25, -0.2) is 9.13 Å². The molecule has 244 valence electrons. The third kappa shape index (κ3) is 10.1. The molecule has 0 atom stereocenters. The predicted octanol–water partition coefficient (Wildman–Crippen LogP) is 6.44. The van der Waals surface area contributed by atoms with Crippen LogP contribution in [0, 0.1) is 51.2 Å². The molecule has 1 heterocycles. The summed E-state index contributed by atoms with van der Waals surface area (Å²) in [6.45, 7) is 1.74. The number of hydroxylamine groups is 2. The number of phosphoric ester groups is 2. The Morgan fingerprint density at radius 1 is 0.659 bits per heavy atom. The Balaban J connectivity index is 1.62. The maximum atomic E-state index is 13.2. The van der Waals surface area contributed by atoms with Gasteiger partial charge in [-0.3, -0.25) is 27.1 Å². The highest BCUT2D eigenvalue weighted by Crippen LogP contribution is 2.58. The molecule has 0 unspecified atom stereocenters. The van der Waals surface area contributed by atoms with Gasteiger partial charge < -0.3 is 5.21 Å². The zero-order chi connectivity index (χ0) is 32.1. The number of phosphoric acid groups is 2. The second-order valence-electron chi connectivity index (χ2n) is 11.7. The van der Waals surface area contributed by atoms with E-state index in [9.17, 15) is 14.3 Å². The summed E-state index contributed by atoms with van der Waals surface area (Å²) in [7, 11) is -7.94. The fourth-order valence-corrected chi connectivity index (χ4v) is 9.52. The lowest BCUT2D eigenvalue weighted by molar-refractivity contribution is -0.289. The Bertz CT molecular complexity index is 1060. The van der Waals surface area contributed by atoms with E-state index in [1.54, 1.807) is 5.06 Å². The van der Waals surface area contributed by atoms with E-state index in [1.807, 2.05) is 24.3 Å². The quantitative estimate of drug-likeness (QED) is 0.140. The molecule has 16 heteroatoms. The Kier molecular flexibility index (Phi) is 14.2. The van der Waals surface area contributed by atoms with Crippen molar-refractivity contribution in [3.05, 3.63) is 0 Å². The van der Waals surface area contributed by atoms with Crippen LogP contribution >= 0.6 is 15.6 Å². The van der Waals surface area contributed by atoms with E-state index < -0.39 is 38.9 Å². The van der Waals surface area contributed by atoms with Crippen molar-refractivity contribution >= 4 is 15.6 Å². The normalized spacial score (nSPS) is 29.5. The van der Waals surface area contributed by atoms with Crippen LogP contribution < -0.4 is 0 Å². The van der Waals surface area contributed by atoms with Crippen LogP contribution in [0.5, 0.6) is 0 Å². The molecule has 1 N–H and O–H groups in total. The molecule has 2 aliphatic carbocycles. The summed E-state index contributed by atoms with van der Waals surface area (Å²) in [6.07, 6.45) is 5.28. The standard InChI is InChI=1S/C28H43N5O9P2/c1-24-22-27(10-6-25(7-11-27)41-43(35,37-18-2-14-29)38-19-3-15-30)33(34)28(23-24)12-8-26(9-13-28)42-44(36,39-20-4-16-31)40-21-5-17-32/h24-26,34H,2-13,18-23H2,1H3. The molecule has 0 bridgehead atoms. The highest BCUT2D eigenvalue weighted by atomic mass is 31.2. The highest BCUT2D eigenvalue weighted by molar-refractivity contribution is 7.48. The molecule has 1 saturated heterocycles. The van der Waals surface area contributed by atoms with Crippen LogP contribution in [-0.2, 0) is 36.3 Å². The molecule has 2 spiro atoms. The highest BCUT2D eigenvalue weighted by Gasteiger charge is 2.56. The van der Waals surface area contributed by atoms with Gasteiger partial charge in [-0.1, -0.05) is 6.92 Å². The largest absolute Gasteiger partial charge is 0.475 e. The number of nitrogens with zero attached hydrogens (tertiary/aromatic N) is 5. The van der Waals surface area contributed by atoms with Gasteiger partial charge in [0.2, 0.25) is 0 Å². The van der Waals surface area contributed by atoms with Crippen LogP contribution in [0.25, 0.3) is 0 Å². The van der Waals surface area contributed by atoms with Crippen molar-refractivity contribution in [1.82, 2.24) is 5.06 Å². The first-order valence-electron chi connectivity index (χ1n) is 15.2. The molecule has 3 rings (SSSR count). The molecule has 0 aromatic rings. The summed E-state index contributed by atoms with van der Waals surface area (Å²) in [4.78, 5) is 0. The van der Waals surface area contributed by atoms with Gasteiger partial charge in [0.1, 0.15) is 0 Å². The van der Waals surface area contributed by atoms with E-state index in [1.165, 1.54) is 0 Å². The molecule has 0 amide bonds. The third-order valence-electron chi connectivity index (χ3n) is 8.49. The van der Waals surface area contributed by atoms with E-state index >= 15 is 0 Å². The smallest absolute Gasteiger partial charge is 0.313 e. The van der Waals surface area contributed by atoms with Gasteiger partial charge >= 0.3 is 15.6 Å². The van der Waals surface area contributed by atoms with Crippen LogP contribution in [0.4, 0.5) is 0 Å². The molecular weight excluding hydrogens is 612 g/mol. The van der Waals surface area contributed by atoms with Crippen LogP contribution in [0.1, 0.15) is 96.8 Å². The van der Waals surface area contributed by atoms with Gasteiger partial charge in [0.15, 0.2) is 0 Å². The number of hydrogen-bond acceptors (Lipinski definition) is 14. The lowest BCUT2D eigenvalue weighted by Crippen LogP contribution is -2.66. The maximum Gasteiger partial charge on any atom is 0.475 e. The second kappa shape index (κ2) is 17.1. The Labute approximate surface area is 259 Å². The van der Waals surface area contributed by atoms with Crippen molar-refractivity contribution in [2.75, 3.05) is 26.4 Å². The number of nitriles is 4. The van der Waals surface area contributed by atoms with Crippen LogP contribution in [0.2, 0.25) is 0 Å². The molecule has 0 radical (unpaired) electrons. The summed E-state index contributed by atoms with van der Waals surface area (Å²) < 4.78 is 59.4. The average molecular weight is 656 g/mol. The maximum absolute atomic E-state index is 13.2. The number of rotatable bonds is 16. The van der Waals surface area contributed by atoms with Gasteiger partial charge in [-0.2, -0.15) is 26.1 Å². The molecule has 14 nitrogen and oxygen atoms in total. The summed E-state index contributed by atoms with van der Waals surface area (Å²) in [5.74, 6) is 0.331. The summed E-state index contributed by atoms with van der Waals surface area (Å²) in [5, 5.41) is 48.6. The number of hydrogen-bond donors (Lipinski definition) is 1. The van der Waals surface area contributed by atoms with E-state index in [0.717, 1.165) is 12.8 Å². The summed E-state index contributed by atoms with van der Waals surface area (Å²) >= 11 is 0. The minimum atomic E-state index is -3.97. The first kappa shape index (κ1) is 36.6. The minimum absolute atomic E-state index is 0.0219. The van der Waals surface area contributed by atoms with Crippen molar-refractivity contribution in [3.63, 3.8) is 0 Å². The van der Waals surface area contributed by atoms with Crippen molar-refractivity contribution < 1.29 is 41.5 Å². The van der Waals surface area contributed by atoms with Gasteiger partial charge in [0.25, 0.3) is 0 Å². The minimum Gasteiger partial charge on any atom is -0.313 e. The fraction of sp³-hybridized carbons (Fsp3) is 0.857. The molecule has 1 aliphatic heterocycles. The lowest BCUT2D eigenvalue weighted by Gasteiger charge is -2.60. The van der Waals surface area contributed by atoms with Crippen LogP contribution in [0.3, 0.4) is 0 Å². The van der Waals surface area contributed by atoms with E-state index in [-0.39, 0.29) is 52.1 Å². The fourth-order valence-electron chi connectivity index (χ4n) is 6.72.